The highest BCUT2D eigenvalue weighted by Gasteiger charge is 2.13. The van der Waals surface area contributed by atoms with Gasteiger partial charge in [0.2, 0.25) is 0 Å². The molecule has 0 heterocycles. The van der Waals surface area contributed by atoms with E-state index in [9.17, 15) is 13.9 Å². The molecule has 0 amide bonds. The fourth-order valence-electron chi connectivity index (χ4n) is 2.97. The molecule has 1 aromatic rings. The summed E-state index contributed by atoms with van der Waals surface area (Å²) in [4.78, 5) is 0. The van der Waals surface area contributed by atoms with Gasteiger partial charge in [-0.15, -0.1) is 0 Å². The summed E-state index contributed by atoms with van der Waals surface area (Å²) in [5, 5.41) is 13.5. The van der Waals surface area contributed by atoms with Crippen LogP contribution in [0.25, 0.3) is 0 Å². The summed E-state index contributed by atoms with van der Waals surface area (Å²) in [6, 6.07) is 4.12. The first kappa shape index (κ1) is 16.4. The lowest BCUT2D eigenvalue weighted by Gasteiger charge is -2.22. The van der Waals surface area contributed by atoms with Gasteiger partial charge in [0.05, 0.1) is 6.10 Å². The quantitative estimate of drug-likeness (QED) is 0.858. The number of benzene rings is 1. The van der Waals surface area contributed by atoms with Crippen LogP contribution >= 0.6 is 0 Å². The van der Waals surface area contributed by atoms with E-state index >= 15 is 0 Å². The Morgan fingerprint density at radius 1 is 1.05 bits per heavy atom. The van der Waals surface area contributed by atoms with Gasteiger partial charge >= 0.3 is 0 Å². The van der Waals surface area contributed by atoms with Crippen molar-refractivity contribution in [2.45, 2.75) is 63.5 Å². The minimum atomic E-state index is -0.903. The third-order valence-electron chi connectivity index (χ3n) is 4.28. The molecule has 1 aliphatic rings. The van der Waals surface area contributed by atoms with Crippen molar-refractivity contribution in [1.29, 1.82) is 0 Å². The Bertz CT molecular complexity index is 431. The highest BCUT2D eigenvalue weighted by Crippen LogP contribution is 2.20. The number of aliphatic hydroxyl groups excluding tert-OH is 1. The number of rotatable bonds is 5. The molecule has 4 heteroatoms. The maximum Gasteiger partial charge on any atom is 0.159 e. The summed E-state index contributed by atoms with van der Waals surface area (Å²) in [6.07, 6.45) is 8.67. The zero-order chi connectivity index (χ0) is 15.1. The van der Waals surface area contributed by atoms with E-state index < -0.39 is 17.7 Å². The molecule has 1 fully saturated rings. The van der Waals surface area contributed by atoms with E-state index in [0.717, 1.165) is 12.1 Å². The van der Waals surface area contributed by atoms with Crippen molar-refractivity contribution in [3.8, 4) is 0 Å². The molecule has 2 rings (SSSR count). The number of aliphatic hydroxyl groups is 1. The van der Waals surface area contributed by atoms with Crippen LogP contribution in [-0.4, -0.2) is 17.7 Å². The van der Waals surface area contributed by atoms with Crippen LogP contribution in [0.4, 0.5) is 8.78 Å². The van der Waals surface area contributed by atoms with Crippen molar-refractivity contribution in [3.63, 3.8) is 0 Å². The lowest BCUT2D eigenvalue weighted by atomic mass is 9.96. The lowest BCUT2D eigenvalue weighted by molar-refractivity contribution is 0.164. The van der Waals surface area contributed by atoms with Gasteiger partial charge in [0, 0.05) is 6.04 Å². The molecule has 0 saturated heterocycles. The van der Waals surface area contributed by atoms with Crippen LogP contribution in [0.5, 0.6) is 0 Å². The first-order valence-electron chi connectivity index (χ1n) is 8.03. The monoisotopic (exact) mass is 297 g/mol. The number of nitrogens with one attached hydrogen (secondary N) is 1. The Hall–Kier alpha value is -1.00. The second-order valence-corrected chi connectivity index (χ2v) is 5.97. The molecular formula is C17H25F2NO. The van der Waals surface area contributed by atoms with E-state index in [0.29, 0.717) is 24.6 Å². The highest BCUT2D eigenvalue weighted by atomic mass is 19.2. The number of hydrogen-bond acceptors (Lipinski definition) is 2. The highest BCUT2D eigenvalue weighted by molar-refractivity contribution is 5.19. The van der Waals surface area contributed by atoms with Crippen LogP contribution in [0.1, 0.15) is 63.0 Å². The molecule has 21 heavy (non-hydrogen) atoms. The van der Waals surface area contributed by atoms with Gasteiger partial charge < -0.3 is 10.4 Å². The Morgan fingerprint density at radius 2 is 1.71 bits per heavy atom. The molecule has 0 radical (unpaired) electrons. The van der Waals surface area contributed by atoms with E-state index in [1.807, 2.05) is 0 Å². The van der Waals surface area contributed by atoms with E-state index in [-0.39, 0.29) is 0 Å². The first-order chi connectivity index (χ1) is 10.2. The number of hydrogen-bond donors (Lipinski definition) is 2. The standard InChI is InChI=1S/C17H25F2NO/c18-15-9-8-13(12-16(15)19)17(21)10-11-20-14-6-4-2-1-3-5-7-14/h8-9,12,14,17,20-21H,1-7,10-11H2. The van der Waals surface area contributed by atoms with Crippen molar-refractivity contribution in [3.05, 3.63) is 35.4 Å². The SMILES string of the molecule is OC(CCNC1CCCCCCC1)c1ccc(F)c(F)c1. The van der Waals surface area contributed by atoms with Gasteiger partial charge in [-0.1, -0.05) is 38.2 Å². The molecule has 1 atom stereocenters. The summed E-state index contributed by atoms with van der Waals surface area (Å²) >= 11 is 0. The summed E-state index contributed by atoms with van der Waals surface area (Å²) in [5.74, 6) is -1.78. The van der Waals surface area contributed by atoms with Gasteiger partial charge in [-0.3, -0.25) is 0 Å². The fraction of sp³-hybridized carbons (Fsp3) is 0.647. The maximum atomic E-state index is 13.1. The Morgan fingerprint density at radius 3 is 2.38 bits per heavy atom. The molecule has 1 aliphatic carbocycles. The minimum absolute atomic E-state index is 0.438. The van der Waals surface area contributed by atoms with Crippen molar-refractivity contribution >= 4 is 0 Å². The molecular weight excluding hydrogens is 272 g/mol. The molecule has 0 aliphatic heterocycles. The molecule has 118 valence electrons. The average Bonchev–Trinajstić information content (AvgIpc) is 2.43. The lowest BCUT2D eigenvalue weighted by Crippen LogP contribution is -2.31. The Kier molecular flexibility index (Phi) is 6.58. The van der Waals surface area contributed by atoms with Gasteiger partial charge in [0.15, 0.2) is 11.6 Å². The van der Waals surface area contributed by atoms with Gasteiger partial charge in [-0.25, -0.2) is 8.78 Å². The van der Waals surface area contributed by atoms with Crippen molar-refractivity contribution < 1.29 is 13.9 Å². The minimum Gasteiger partial charge on any atom is -0.388 e. The van der Waals surface area contributed by atoms with Crippen LogP contribution in [0.2, 0.25) is 0 Å². The first-order valence-corrected chi connectivity index (χ1v) is 8.03. The molecule has 1 aromatic carbocycles. The average molecular weight is 297 g/mol. The van der Waals surface area contributed by atoms with Gasteiger partial charge in [-0.2, -0.15) is 0 Å². The van der Waals surface area contributed by atoms with E-state index in [2.05, 4.69) is 5.32 Å². The van der Waals surface area contributed by atoms with E-state index in [4.69, 9.17) is 0 Å². The second-order valence-electron chi connectivity index (χ2n) is 5.97. The van der Waals surface area contributed by atoms with Crippen LogP contribution in [-0.2, 0) is 0 Å². The molecule has 2 N–H and O–H groups in total. The smallest absolute Gasteiger partial charge is 0.159 e. The molecule has 1 unspecified atom stereocenters. The molecule has 0 spiro atoms. The normalized spacial score (nSPS) is 19.0. The fourth-order valence-corrected chi connectivity index (χ4v) is 2.97. The summed E-state index contributed by atoms with van der Waals surface area (Å²) in [7, 11) is 0. The topological polar surface area (TPSA) is 32.3 Å². The van der Waals surface area contributed by atoms with Crippen LogP contribution in [0.15, 0.2) is 18.2 Å². The second kappa shape index (κ2) is 8.44. The molecule has 1 saturated carbocycles. The molecule has 0 bridgehead atoms. The number of halogens is 2. The third kappa shape index (κ3) is 5.36. The zero-order valence-corrected chi connectivity index (χ0v) is 12.5. The molecule has 0 aromatic heterocycles. The summed E-state index contributed by atoms with van der Waals surface area (Å²) < 4.78 is 26.0. The Balaban J connectivity index is 1.75. The van der Waals surface area contributed by atoms with Crippen molar-refractivity contribution in [1.82, 2.24) is 5.32 Å². The summed E-state index contributed by atoms with van der Waals surface area (Å²) in [5.41, 5.74) is 0.438. The predicted molar refractivity (Wildman–Crippen MR) is 80.0 cm³/mol. The predicted octanol–water partition coefficient (Wildman–Crippen LogP) is 4.09. The summed E-state index contributed by atoms with van der Waals surface area (Å²) in [6.45, 7) is 0.699. The van der Waals surface area contributed by atoms with Gasteiger partial charge in [-0.05, 0) is 43.5 Å². The van der Waals surface area contributed by atoms with Crippen molar-refractivity contribution in [2.75, 3.05) is 6.54 Å². The van der Waals surface area contributed by atoms with Crippen molar-refractivity contribution in [2.24, 2.45) is 0 Å². The zero-order valence-electron chi connectivity index (χ0n) is 12.5. The van der Waals surface area contributed by atoms with Gasteiger partial charge in [0.25, 0.3) is 0 Å². The van der Waals surface area contributed by atoms with E-state index in [1.165, 1.54) is 51.0 Å². The maximum absolute atomic E-state index is 13.1. The van der Waals surface area contributed by atoms with E-state index in [1.54, 1.807) is 0 Å². The van der Waals surface area contributed by atoms with Crippen LogP contribution in [0, 0.1) is 11.6 Å². The van der Waals surface area contributed by atoms with Gasteiger partial charge in [0.1, 0.15) is 0 Å². The molecule has 2 nitrogen and oxygen atoms in total. The Labute approximate surface area is 125 Å². The van der Waals surface area contributed by atoms with Crippen LogP contribution in [0.3, 0.4) is 0 Å². The largest absolute Gasteiger partial charge is 0.388 e. The van der Waals surface area contributed by atoms with Crippen LogP contribution < -0.4 is 5.32 Å². The third-order valence-corrected chi connectivity index (χ3v) is 4.28.